The van der Waals surface area contributed by atoms with E-state index in [-0.39, 0.29) is 19.0 Å². The monoisotopic (exact) mass is 574 g/mol. The smallest absolute Gasteiger partial charge is 0.306 e. The molecule has 2 N–H and O–H groups in total. The number of carbonyl (C=O) groups is 2. The van der Waals surface area contributed by atoms with Crippen molar-refractivity contribution >= 4 is 11.9 Å². The average molecular weight is 575 g/mol. The number of unbranched alkanes of at least 4 members (excludes halogenated alkanes) is 5. The van der Waals surface area contributed by atoms with Gasteiger partial charge in [-0.05, 0) is 50.9 Å². The van der Waals surface area contributed by atoms with Gasteiger partial charge in [-0.2, -0.15) is 0 Å². The minimum Gasteiger partial charge on any atom is -0.462 e. The molecule has 6 heteroatoms. The van der Waals surface area contributed by atoms with Crippen molar-refractivity contribution in [1.82, 2.24) is 0 Å². The van der Waals surface area contributed by atoms with Gasteiger partial charge in [0.1, 0.15) is 6.61 Å². The van der Waals surface area contributed by atoms with Crippen molar-refractivity contribution in [2.75, 3.05) is 13.2 Å². The highest BCUT2D eigenvalue weighted by Crippen LogP contribution is 2.12. The van der Waals surface area contributed by atoms with Gasteiger partial charge < -0.3 is 19.7 Å². The maximum absolute atomic E-state index is 12.1. The Balaban J connectivity index is 3.90. The Labute approximate surface area is 250 Å². The minimum atomic E-state index is -0.865. The van der Waals surface area contributed by atoms with E-state index in [0.29, 0.717) is 19.3 Å². The van der Waals surface area contributed by atoms with Crippen LogP contribution in [0, 0.1) is 5.92 Å². The fraction of sp³-hybridized carbons (Fsp3) is 0.657. The van der Waals surface area contributed by atoms with Crippen LogP contribution >= 0.6 is 0 Å². The van der Waals surface area contributed by atoms with Crippen molar-refractivity contribution in [3.63, 3.8) is 0 Å². The molecule has 0 aromatic rings. The summed E-state index contributed by atoms with van der Waals surface area (Å²) in [4.78, 5) is 24.0. The van der Waals surface area contributed by atoms with E-state index in [0.717, 1.165) is 50.9 Å². The Kier molecular flexibility index (Phi) is 27.3. The summed E-state index contributed by atoms with van der Waals surface area (Å²) in [7, 11) is 0. The summed E-state index contributed by atoms with van der Waals surface area (Å²) in [5.41, 5.74) is 0. The number of allylic oxidation sites excluding steroid dienone is 9. The molecular formula is C35H58O6. The van der Waals surface area contributed by atoms with Gasteiger partial charge in [-0.15, -0.1) is 0 Å². The first-order chi connectivity index (χ1) is 19.9. The van der Waals surface area contributed by atoms with Gasteiger partial charge in [0.2, 0.25) is 0 Å². The van der Waals surface area contributed by atoms with Gasteiger partial charge in [-0.25, -0.2) is 0 Å². The van der Waals surface area contributed by atoms with E-state index in [9.17, 15) is 19.8 Å². The number of hydrogen-bond donors (Lipinski definition) is 2. The number of carbonyl (C=O) groups excluding carboxylic acids is 2. The number of esters is 2. The molecule has 0 aliphatic heterocycles. The molecule has 1 unspecified atom stereocenters. The largest absolute Gasteiger partial charge is 0.462 e. The van der Waals surface area contributed by atoms with E-state index in [2.05, 4.69) is 57.2 Å². The lowest BCUT2D eigenvalue weighted by Gasteiger charge is -2.16. The van der Waals surface area contributed by atoms with Crippen LogP contribution in [-0.2, 0) is 19.1 Å². The Morgan fingerprint density at radius 1 is 0.707 bits per heavy atom. The van der Waals surface area contributed by atoms with Gasteiger partial charge in [0.25, 0.3) is 0 Å². The number of hydrogen-bond acceptors (Lipinski definition) is 6. The zero-order valence-electron chi connectivity index (χ0n) is 26.1. The average Bonchev–Trinajstić information content (AvgIpc) is 2.94. The number of ether oxygens (including phenoxy) is 2. The lowest BCUT2D eigenvalue weighted by molar-refractivity contribution is -0.161. The van der Waals surface area contributed by atoms with Crippen molar-refractivity contribution in [2.45, 2.75) is 129 Å². The molecule has 0 rings (SSSR count). The lowest BCUT2D eigenvalue weighted by atomic mass is 10.0. The van der Waals surface area contributed by atoms with E-state index in [1.165, 1.54) is 25.7 Å². The summed E-state index contributed by atoms with van der Waals surface area (Å²) in [5, 5.41) is 19.5. The topological polar surface area (TPSA) is 93.1 Å². The molecule has 0 saturated carbocycles. The first kappa shape index (κ1) is 38.6. The van der Waals surface area contributed by atoms with Crippen molar-refractivity contribution in [2.24, 2.45) is 5.92 Å². The van der Waals surface area contributed by atoms with Crippen molar-refractivity contribution in [3.05, 3.63) is 60.8 Å². The molecule has 0 aliphatic carbocycles. The predicted octanol–water partition coefficient (Wildman–Crippen LogP) is 8.10. The second kappa shape index (κ2) is 29.1. The van der Waals surface area contributed by atoms with E-state index in [1.54, 1.807) is 12.2 Å². The molecular weight excluding hydrogens is 516 g/mol. The highest BCUT2D eigenvalue weighted by atomic mass is 16.6. The molecule has 41 heavy (non-hydrogen) atoms. The van der Waals surface area contributed by atoms with E-state index < -0.39 is 24.8 Å². The maximum Gasteiger partial charge on any atom is 0.306 e. The second-order valence-corrected chi connectivity index (χ2v) is 10.8. The first-order valence-corrected chi connectivity index (χ1v) is 15.8. The molecule has 2 atom stereocenters. The van der Waals surface area contributed by atoms with Crippen LogP contribution in [0.3, 0.4) is 0 Å². The normalized spacial score (nSPS) is 13.9. The standard InChI is InChI=1S/C35H58O6/c1-4-5-6-7-8-9-10-11-12-13-14-18-21-25-32(37)26-23-28-35(39)41-33(29-36)30-40-34(38)27-22-19-16-15-17-20-24-31(2)3/h5-6,8-9,11-12,14,18,21,25,31-33,36-37H,4,7,10,13,15-17,19-20,22-24,26-30H2,1-3H3/b6-5-,9-8-,12-11-,18-14-,25-21+/t32?,33-/m0/s1. The molecule has 0 amide bonds. The Hall–Kier alpha value is -2.44. The number of aliphatic hydroxyl groups is 2. The SMILES string of the molecule is CC/C=C\C/C=C\C/C=C\C/C=C\C=C\C(O)CCCC(=O)O[C@@H](CO)COC(=O)CCCCCCCCC(C)C. The third-order valence-electron chi connectivity index (χ3n) is 6.36. The van der Waals surface area contributed by atoms with Gasteiger partial charge in [0, 0.05) is 12.8 Å². The third-order valence-corrected chi connectivity index (χ3v) is 6.36. The summed E-state index contributed by atoms with van der Waals surface area (Å²) < 4.78 is 10.4. The molecule has 6 nitrogen and oxygen atoms in total. The lowest BCUT2D eigenvalue weighted by Crippen LogP contribution is -2.28. The molecule has 0 bridgehead atoms. The van der Waals surface area contributed by atoms with E-state index in [4.69, 9.17) is 9.47 Å². The van der Waals surface area contributed by atoms with Crippen LogP contribution in [0.1, 0.15) is 117 Å². The molecule has 0 aromatic heterocycles. The van der Waals surface area contributed by atoms with Crippen LogP contribution in [0.5, 0.6) is 0 Å². The molecule has 0 aromatic carbocycles. The van der Waals surface area contributed by atoms with E-state index in [1.807, 2.05) is 12.2 Å². The van der Waals surface area contributed by atoms with Crippen molar-refractivity contribution in [1.29, 1.82) is 0 Å². The Bertz CT molecular complexity index is 778. The fourth-order valence-electron chi connectivity index (χ4n) is 3.94. The molecule has 0 saturated heterocycles. The van der Waals surface area contributed by atoms with Crippen molar-refractivity contribution in [3.8, 4) is 0 Å². The molecule has 234 valence electrons. The van der Waals surface area contributed by atoms with Crippen LogP contribution in [0.15, 0.2) is 60.8 Å². The molecule has 0 spiro atoms. The minimum absolute atomic E-state index is 0.122. The van der Waals surface area contributed by atoms with Gasteiger partial charge in [-0.3, -0.25) is 9.59 Å². The van der Waals surface area contributed by atoms with Gasteiger partial charge in [0.05, 0.1) is 12.7 Å². The Morgan fingerprint density at radius 2 is 1.29 bits per heavy atom. The van der Waals surface area contributed by atoms with Crippen LogP contribution < -0.4 is 0 Å². The summed E-state index contributed by atoms with van der Waals surface area (Å²) in [5.74, 6) is -0.0512. The second-order valence-electron chi connectivity index (χ2n) is 10.8. The summed E-state index contributed by atoms with van der Waals surface area (Å²) >= 11 is 0. The first-order valence-electron chi connectivity index (χ1n) is 15.8. The van der Waals surface area contributed by atoms with Crippen LogP contribution in [0.25, 0.3) is 0 Å². The van der Waals surface area contributed by atoms with Gasteiger partial charge in [-0.1, -0.05) is 120 Å². The fourth-order valence-corrected chi connectivity index (χ4v) is 3.94. The quantitative estimate of drug-likeness (QED) is 0.0469. The predicted molar refractivity (Wildman–Crippen MR) is 169 cm³/mol. The molecule has 0 radical (unpaired) electrons. The zero-order valence-corrected chi connectivity index (χ0v) is 26.1. The highest BCUT2D eigenvalue weighted by molar-refractivity contribution is 5.70. The van der Waals surface area contributed by atoms with Gasteiger partial charge in [0.15, 0.2) is 6.10 Å². The summed E-state index contributed by atoms with van der Waals surface area (Å²) in [6.07, 6.45) is 31.8. The molecule has 0 aliphatic rings. The third kappa shape index (κ3) is 28.9. The van der Waals surface area contributed by atoms with Gasteiger partial charge >= 0.3 is 11.9 Å². The number of aliphatic hydroxyl groups excluding tert-OH is 2. The highest BCUT2D eigenvalue weighted by Gasteiger charge is 2.16. The van der Waals surface area contributed by atoms with Crippen LogP contribution in [-0.4, -0.2) is 47.6 Å². The maximum atomic E-state index is 12.1. The zero-order chi connectivity index (χ0) is 30.4. The van der Waals surface area contributed by atoms with E-state index >= 15 is 0 Å². The Morgan fingerprint density at radius 3 is 1.93 bits per heavy atom. The van der Waals surface area contributed by atoms with Crippen molar-refractivity contribution < 1.29 is 29.3 Å². The summed E-state index contributed by atoms with van der Waals surface area (Å²) in [6.45, 7) is 6.07. The van der Waals surface area contributed by atoms with Crippen LogP contribution in [0.4, 0.5) is 0 Å². The van der Waals surface area contributed by atoms with Crippen LogP contribution in [0.2, 0.25) is 0 Å². The molecule has 0 fully saturated rings. The summed E-state index contributed by atoms with van der Waals surface area (Å²) in [6, 6.07) is 0. The number of rotatable bonds is 26. The molecule has 0 heterocycles.